The fourth-order valence-corrected chi connectivity index (χ4v) is 0.182. The van der Waals surface area contributed by atoms with E-state index in [2.05, 4.69) is 9.36 Å². The van der Waals surface area contributed by atoms with E-state index < -0.39 is 8.09 Å². The highest BCUT2D eigenvalue weighted by Gasteiger charge is 1.95. The first-order chi connectivity index (χ1) is 3.31. The van der Waals surface area contributed by atoms with Gasteiger partial charge < -0.3 is 4.89 Å². The Bertz CT molecular complexity index is 161. The Kier molecular flexibility index (Phi) is 2.79. The molecule has 0 bridgehead atoms. The van der Waals surface area contributed by atoms with E-state index in [1.54, 1.807) is 0 Å². The van der Waals surface area contributed by atoms with Gasteiger partial charge in [0.05, 0.1) is 4.74 Å². The SMILES string of the molecule is [C-]#[N+][P+]([O-])=NC#N. The Morgan fingerprint density at radius 1 is 2.00 bits per heavy atom. The summed E-state index contributed by atoms with van der Waals surface area (Å²) in [7, 11) is -2.27. The first kappa shape index (κ1) is 6.04. The number of hydrogen-bond acceptors (Lipinski definition) is 3. The summed E-state index contributed by atoms with van der Waals surface area (Å²) in [6.45, 7) is 6.01. The summed E-state index contributed by atoms with van der Waals surface area (Å²) in [5.41, 5.74) is 0. The quantitative estimate of drug-likeness (QED) is 0.256. The summed E-state index contributed by atoms with van der Waals surface area (Å²) in [6, 6.07) is 0. The molecule has 0 radical (unpaired) electrons. The Morgan fingerprint density at radius 3 is 2.71 bits per heavy atom. The molecule has 0 aliphatic rings. The molecule has 7 heavy (non-hydrogen) atoms. The summed E-state index contributed by atoms with van der Waals surface area (Å²) in [5, 5.41) is 7.62. The number of rotatable bonds is 0. The van der Waals surface area contributed by atoms with Gasteiger partial charge in [0, 0.05) is 0 Å². The Balaban J connectivity index is 3.89. The molecule has 0 aromatic rings. The van der Waals surface area contributed by atoms with Crippen LogP contribution in [0.15, 0.2) is 4.74 Å². The van der Waals surface area contributed by atoms with Gasteiger partial charge in [0.15, 0.2) is 0 Å². The fraction of sp³-hybridized carbons (Fsp3) is 0. The molecule has 4 nitrogen and oxygen atoms in total. The van der Waals surface area contributed by atoms with Gasteiger partial charge in [-0.05, 0) is 0 Å². The second-order valence-corrected chi connectivity index (χ2v) is 1.46. The Morgan fingerprint density at radius 2 is 2.57 bits per heavy atom. The Hall–Kier alpha value is -0.960. The van der Waals surface area contributed by atoms with Gasteiger partial charge >= 0.3 is 8.09 Å². The third-order valence-electron chi connectivity index (χ3n) is 0.216. The van der Waals surface area contributed by atoms with Gasteiger partial charge in [0.25, 0.3) is 6.19 Å². The maximum absolute atomic E-state index is 9.82. The van der Waals surface area contributed by atoms with Gasteiger partial charge in [-0.3, -0.25) is 0 Å². The topological polar surface area (TPSA) is 63.6 Å². The average molecular weight is 113 g/mol. The van der Waals surface area contributed by atoms with E-state index in [1.807, 2.05) is 0 Å². The van der Waals surface area contributed by atoms with Gasteiger partial charge in [-0.25, -0.2) is 0 Å². The van der Waals surface area contributed by atoms with Gasteiger partial charge in [0.1, 0.15) is 0 Å². The summed E-state index contributed by atoms with van der Waals surface area (Å²) in [5.74, 6) is 0. The molecule has 1 unspecified atom stereocenters. The molecule has 0 aromatic heterocycles. The van der Waals surface area contributed by atoms with E-state index in [0.29, 0.717) is 0 Å². The van der Waals surface area contributed by atoms with Crippen molar-refractivity contribution < 1.29 is 4.89 Å². The summed E-state index contributed by atoms with van der Waals surface area (Å²) < 4.78 is 5.15. The molecule has 0 spiro atoms. The van der Waals surface area contributed by atoms with Crippen molar-refractivity contribution in [2.24, 2.45) is 4.74 Å². The molecule has 0 aliphatic heterocycles. The lowest BCUT2D eigenvalue weighted by Gasteiger charge is -1.59. The highest BCUT2D eigenvalue weighted by atomic mass is 31.1. The Labute approximate surface area is 41.4 Å². The molecule has 0 amide bonds. The lowest BCUT2D eigenvalue weighted by atomic mass is 11.5. The van der Waals surface area contributed by atoms with Crippen molar-refractivity contribution in [3.8, 4) is 6.19 Å². The van der Waals surface area contributed by atoms with Gasteiger partial charge in [-0.2, -0.15) is 11.8 Å². The van der Waals surface area contributed by atoms with E-state index in [1.165, 1.54) is 6.19 Å². The molecule has 0 heterocycles. The zero-order valence-electron chi connectivity index (χ0n) is 3.20. The molecule has 0 saturated heterocycles. The van der Waals surface area contributed by atoms with Crippen LogP contribution < -0.4 is 4.89 Å². The van der Waals surface area contributed by atoms with Crippen molar-refractivity contribution in [2.75, 3.05) is 0 Å². The van der Waals surface area contributed by atoms with Crippen molar-refractivity contribution in [3.05, 3.63) is 11.2 Å². The van der Waals surface area contributed by atoms with E-state index in [9.17, 15) is 4.89 Å². The summed E-state index contributed by atoms with van der Waals surface area (Å²) >= 11 is 0. The van der Waals surface area contributed by atoms with Crippen molar-refractivity contribution in [1.29, 1.82) is 5.26 Å². The highest BCUT2D eigenvalue weighted by molar-refractivity contribution is 7.41. The van der Waals surface area contributed by atoms with Crippen LogP contribution >= 0.6 is 8.09 Å². The molecule has 5 heteroatoms. The van der Waals surface area contributed by atoms with Crippen LogP contribution in [0, 0.1) is 18.0 Å². The van der Waals surface area contributed by atoms with Crippen LogP contribution in [-0.2, 0) is 0 Å². The van der Waals surface area contributed by atoms with Gasteiger partial charge in [-0.15, -0.1) is 0 Å². The second-order valence-electron chi connectivity index (χ2n) is 0.553. The lowest BCUT2D eigenvalue weighted by molar-refractivity contribution is -0.152. The first-order valence-electron chi connectivity index (χ1n) is 1.25. The highest BCUT2D eigenvalue weighted by Crippen LogP contribution is 2.12. The van der Waals surface area contributed by atoms with E-state index in [-0.39, 0.29) is 0 Å². The molecule has 0 rings (SSSR count). The van der Waals surface area contributed by atoms with Crippen molar-refractivity contribution in [1.82, 2.24) is 0 Å². The number of hydrogen-bond donors (Lipinski definition) is 0. The molecule has 0 aromatic carbocycles. The largest absolute Gasteiger partial charge is 0.591 e. The first-order valence-corrected chi connectivity index (χ1v) is 2.42. The predicted molar refractivity (Wildman–Crippen MR) is 21.6 cm³/mol. The van der Waals surface area contributed by atoms with Gasteiger partial charge in [0.2, 0.25) is 0 Å². The molecule has 0 N–H and O–H groups in total. The smallest absolute Gasteiger partial charge is 0.540 e. The summed E-state index contributed by atoms with van der Waals surface area (Å²) in [4.78, 5) is 9.82. The van der Waals surface area contributed by atoms with Crippen LogP contribution in [0.2, 0.25) is 0 Å². The molecule has 0 saturated carbocycles. The van der Waals surface area contributed by atoms with Crippen LogP contribution in [0.4, 0.5) is 0 Å². The van der Waals surface area contributed by atoms with Crippen molar-refractivity contribution in [2.45, 2.75) is 0 Å². The monoisotopic (exact) mass is 113 g/mol. The lowest BCUT2D eigenvalue weighted by Crippen LogP contribution is -1.77. The van der Waals surface area contributed by atoms with Crippen molar-refractivity contribution in [3.63, 3.8) is 0 Å². The van der Waals surface area contributed by atoms with Crippen LogP contribution in [0.5, 0.6) is 0 Å². The molecule has 0 aliphatic carbocycles. The normalized spacial score (nSPS) is 9.29. The van der Waals surface area contributed by atoms with Crippen LogP contribution in [0.3, 0.4) is 0 Å². The fourth-order valence-electron chi connectivity index (χ4n) is 0.0606. The van der Waals surface area contributed by atoms with Crippen LogP contribution in [0.25, 0.3) is 4.62 Å². The standard InChI is InChI=1S/C2N3OP/c1-4-7(6)5-2-3. The zero-order chi connectivity index (χ0) is 5.70. The van der Waals surface area contributed by atoms with E-state index in [4.69, 9.17) is 11.8 Å². The van der Waals surface area contributed by atoms with Crippen molar-refractivity contribution >= 4 is 8.09 Å². The molecule has 1 atom stereocenters. The molecular formula is C2N3OP. The minimum atomic E-state index is -2.27. The maximum atomic E-state index is 9.82. The third-order valence-corrected chi connectivity index (χ3v) is 0.647. The van der Waals surface area contributed by atoms with E-state index in [0.717, 1.165) is 0 Å². The molecular weight excluding hydrogens is 113 g/mol. The number of nitriles is 1. The minimum Gasteiger partial charge on any atom is -0.540 e. The molecule has 0 fully saturated rings. The second kappa shape index (κ2) is 3.24. The van der Waals surface area contributed by atoms with E-state index >= 15 is 0 Å². The van der Waals surface area contributed by atoms with Gasteiger partial charge in [-0.1, -0.05) is 4.62 Å². The minimum absolute atomic E-state index is 1.25. The third kappa shape index (κ3) is 2.85. The zero-order valence-corrected chi connectivity index (χ0v) is 4.09. The van der Waals surface area contributed by atoms with Crippen LogP contribution in [0.1, 0.15) is 0 Å². The summed E-state index contributed by atoms with van der Waals surface area (Å²) in [6.07, 6.45) is 1.25. The maximum Gasteiger partial charge on any atom is 0.591 e. The van der Waals surface area contributed by atoms with Crippen LogP contribution in [-0.4, -0.2) is 0 Å². The average Bonchev–Trinajstić information content (AvgIpc) is 1.68. The predicted octanol–water partition coefficient (Wildman–Crippen LogP) is 0.243. The molecule has 34 valence electrons. The number of nitrogens with zero attached hydrogens (tertiary/aromatic N) is 3.